The maximum atomic E-state index is 13.0. The van der Waals surface area contributed by atoms with Gasteiger partial charge >= 0.3 is 0 Å². The summed E-state index contributed by atoms with van der Waals surface area (Å²) >= 11 is 0. The van der Waals surface area contributed by atoms with Crippen molar-refractivity contribution in [1.82, 2.24) is 5.32 Å². The highest BCUT2D eigenvalue weighted by Gasteiger charge is 2.55. The Morgan fingerprint density at radius 2 is 1.92 bits per heavy atom. The molecule has 1 fully saturated rings. The highest BCUT2D eigenvalue weighted by atomic mass is 35.5. The van der Waals surface area contributed by atoms with Gasteiger partial charge in [0.25, 0.3) is 0 Å². The first kappa shape index (κ1) is 17.6. The Balaban J connectivity index is 0.00000182. The number of hydrogen-bond acceptors (Lipinski definition) is 4. The number of para-hydroxylation sites is 1. The number of amides is 1. The molecule has 0 aromatic heterocycles. The van der Waals surface area contributed by atoms with E-state index < -0.39 is 5.41 Å². The molecule has 6 heteroatoms. The van der Waals surface area contributed by atoms with Gasteiger partial charge in [-0.2, -0.15) is 0 Å². The summed E-state index contributed by atoms with van der Waals surface area (Å²) in [4.78, 5) is 13.0. The van der Waals surface area contributed by atoms with Gasteiger partial charge in [-0.05, 0) is 42.8 Å². The molecule has 2 heterocycles. The molecule has 1 spiro atoms. The number of carbonyl (C=O) groups excluding carboxylic acids is 1. The number of benzene rings is 2. The van der Waals surface area contributed by atoms with Gasteiger partial charge in [0.1, 0.15) is 11.5 Å². The molecule has 5 nitrogen and oxygen atoms in total. The topological polar surface area (TPSA) is 59.6 Å². The molecule has 0 bridgehead atoms. The lowest BCUT2D eigenvalue weighted by atomic mass is 9.72. The van der Waals surface area contributed by atoms with Gasteiger partial charge < -0.3 is 20.1 Å². The average Bonchev–Trinajstić information content (AvgIpc) is 3.18. The van der Waals surface area contributed by atoms with E-state index in [0.717, 1.165) is 41.3 Å². The largest absolute Gasteiger partial charge is 0.497 e. The third kappa shape index (κ3) is 2.46. The number of rotatable bonds is 3. The molecule has 1 amide bonds. The van der Waals surface area contributed by atoms with Crippen LogP contribution in [0.1, 0.15) is 23.6 Å². The molecular weight excluding hydrogens is 340 g/mol. The molecule has 25 heavy (non-hydrogen) atoms. The molecule has 0 radical (unpaired) electrons. The number of nitrogens with one attached hydrogen (secondary N) is 2. The van der Waals surface area contributed by atoms with Crippen molar-refractivity contribution in [3.05, 3.63) is 53.6 Å². The van der Waals surface area contributed by atoms with E-state index >= 15 is 0 Å². The van der Waals surface area contributed by atoms with Gasteiger partial charge in [0.05, 0.1) is 25.7 Å². The van der Waals surface area contributed by atoms with Crippen LogP contribution in [0.2, 0.25) is 0 Å². The summed E-state index contributed by atoms with van der Waals surface area (Å²) < 4.78 is 10.9. The van der Waals surface area contributed by atoms with Crippen molar-refractivity contribution in [3.63, 3.8) is 0 Å². The van der Waals surface area contributed by atoms with Crippen molar-refractivity contribution in [2.45, 2.75) is 17.9 Å². The van der Waals surface area contributed by atoms with E-state index in [1.165, 1.54) is 0 Å². The highest BCUT2D eigenvalue weighted by molar-refractivity contribution is 6.07. The molecule has 2 unspecified atom stereocenters. The SMILES string of the molecule is COc1ccc(OC)c(C2NCCC23C(=O)Nc2ccccc23)c1.Cl. The highest BCUT2D eigenvalue weighted by Crippen LogP contribution is 2.52. The monoisotopic (exact) mass is 360 g/mol. The van der Waals surface area contributed by atoms with Crippen molar-refractivity contribution in [2.24, 2.45) is 0 Å². The van der Waals surface area contributed by atoms with Crippen molar-refractivity contribution < 1.29 is 14.3 Å². The number of methoxy groups -OCH3 is 2. The molecule has 0 saturated carbocycles. The zero-order chi connectivity index (χ0) is 16.7. The summed E-state index contributed by atoms with van der Waals surface area (Å²) in [5.74, 6) is 1.55. The van der Waals surface area contributed by atoms with Crippen molar-refractivity contribution in [3.8, 4) is 11.5 Å². The van der Waals surface area contributed by atoms with Crippen molar-refractivity contribution >= 4 is 24.0 Å². The zero-order valence-corrected chi connectivity index (χ0v) is 15.0. The second-order valence-electron chi connectivity index (χ2n) is 6.22. The van der Waals surface area contributed by atoms with Crippen LogP contribution in [0.5, 0.6) is 11.5 Å². The normalized spacial score (nSPS) is 23.8. The Hall–Kier alpha value is -2.24. The molecule has 2 N–H and O–H groups in total. The van der Waals surface area contributed by atoms with Crippen LogP contribution in [0, 0.1) is 0 Å². The number of carbonyl (C=O) groups is 1. The molecule has 1 saturated heterocycles. The Bertz CT molecular complexity index is 811. The van der Waals surface area contributed by atoms with Gasteiger partial charge in [-0.3, -0.25) is 4.79 Å². The molecule has 2 aliphatic heterocycles. The molecule has 2 atom stereocenters. The third-order valence-corrected chi connectivity index (χ3v) is 5.17. The standard InChI is InChI=1S/C19H20N2O3.ClH/c1-23-12-7-8-16(24-2)13(11-12)17-19(9-10-20-17)14-5-3-4-6-15(14)21-18(19)22;/h3-8,11,17,20H,9-10H2,1-2H3,(H,21,22);1H. The van der Waals surface area contributed by atoms with Crippen LogP contribution in [-0.2, 0) is 10.2 Å². The predicted octanol–water partition coefficient (Wildman–Crippen LogP) is 3.05. The summed E-state index contributed by atoms with van der Waals surface area (Å²) in [6, 6.07) is 13.5. The van der Waals surface area contributed by atoms with Gasteiger partial charge in [0, 0.05) is 11.3 Å². The smallest absolute Gasteiger partial charge is 0.237 e. The molecule has 2 aliphatic rings. The van der Waals surface area contributed by atoms with Gasteiger partial charge in [-0.1, -0.05) is 18.2 Å². The van der Waals surface area contributed by atoms with Gasteiger partial charge in [0.15, 0.2) is 0 Å². The number of ether oxygens (including phenoxy) is 2. The van der Waals surface area contributed by atoms with E-state index in [0.29, 0.717) is 0 Å². The van der Waals surface area contributed by atoms with Gasteiger partial charge in [0.2, 0.25) is 5.91 Å². The lowest BCUT2D eigenvalue weighted by molar-refractivity contribution is -0.121. The number of fused-ring (bicyclic) bond motifs is 2. The molecular formula is C19H21ClN2O3. The summed E-state index contributed by atoms with van der Waals surface area (Å²) in [7, 11) is 3.29. The average molecular weight is 361 g/mol. The minimum atomic E-state index is -0.615. The van der Waals surface area contributed by atoms with Crippen LogP contribution in [0.15, 0.2) is 42.5 Å². The number of anilines is 1. The third-order valence-electron chi connectivity index (χ3n) is 5.17. The Kier molecular flexibility index (Phi) is 4.62. The van der Waals surface area contributed by atoms with Crippen LogP contribution in [0.4, 0.5) is 5.69 Å². The summed E-state index contributed by atoms with van der Waals surface area (Å²) in [6.45, 7) is 0.771. The van der Waals surface area contributed by atoms with Crippen molar-refractivity contribution in [1.29, 1.82) is 0 Å². The quantitative estimate of drug-likeness (QED) is 0.883. The van der Waals surface area contributed by atoms with Gasteiger partial charge in [-0.25, -0.2) is 0 Å². The maximum absolute atomic E-state index is 13.0. The van der Waals surface area contributed by atoms with E-state index in [1.807, 2.05) is 42.5 Å². The zero-order valence-electron chi connectivity index (χ0n) is 14.2. The van der Waals surface area contributed by atoms with Crippen LogP contribution in [-0.4, -0.2) is 26.7 Å². The van der Waals surface area contributed by atoms with Gasteiger partial charge in [-0.15, -0.1) is 12.4 Å². The number of halogens is 1. The maximum Gasteiger partial charge on any atom is 0.237 e. The predicted molar refractivity (Wildman–Crippen MR) is 98.9 cm³/mol. The van der Waals surface area contributed by atoms with Crippen LogP contribution in [0.25, 0.3) is 0 Å². The first-order valence-corrected chi connectivity index (χ1v) is 8.07. The molecule has 132 valence electrons. The Morgan fingerprint density at radius 3 is 2.68 bits per heavy atom. The summed E-state index contributed by atoms with van der Waals surface area (Å²) in [5, 5.41) is 6.55. The van der Waals surface area contributed by atoms with Crippen LogP contribution >= 0.6 is 12.4 Å². The number of hydrogen-bond donors (Lipinski definition) is 2. The van der Waals surface area contributed by atoms with E-state index in [-0.39, 0.29) is 24.4 Å². The Morgan fingerprint density at radius 1 is 1.12 bits per heavy atom. The molecule has 4 rings (SSSR count). The fourth-order valence-electron chi connectivity index (χ4n) is 4.04. The summed E-state index contributed by atoms with van der Waals surface area (Å²) in [6.07, 6.45) is 0.751. The minimum absolute atomic E-state index is 0. The fraction of sp³-hybridized carbons (Fsp3) is 0.316. The fourth-order valence-corrected chi connectivity index (χ4v) is 4.04. The molecule has 2 aromatic rings. The second kappa shape index (κ2) is 6.58. The van der Waals surface area contributed by atoms with Crippen LogP contribution in [0.3, 0.4) is 0 Å². The lowest BCUT2D eigenvalue weighted by Gasteiger charge is -2.30. The molecule has 2 aromatic carbocycles. The molecule has 0 aliphatic carbocycles. The lowest BCUT2D eigenvalue weighted by Crippen LogP contribution is -2.39. The Labute approximate surface area is 153 Å². The van der Waals surface area contributed by atoms with E-state index in [1.54, 1.807) is 14.2 Å². The van der Waals surface area contributed by atoms with E-state index in [9.17, 15) is 4.79 Å². The van der Waals surface area contributed by atoms with Crippen LogP contribution < -0.4 is 20.1 Å². The van der Waals surface area contributed by atoms with E-state index in [4.69, 9.17) is 9.47 Å². The van der Waals surface area contributed by atoms with Crippen molar-refractivity contribution in [2.75, 3.05) is 26.1 Å². The second-order valence-corrected chi connectivity index (χ2v) is 6.22. The first-order valence-electron chi connectivity index (χ1n) is 8.07. The minimum Gasteiger partial charge on any atom is -0.497 e. The summed E-state index contributed by atoms with van der Waals surface area (Å²) in [5.41, 5.74) is 2.28. The van der Waals surface area contributed by atoms with E-state index in [2.05, 4.69) is 10.6 Å². The first-order chi connectivity index (χ1) is 11.7.